The molecular formula is C14H18N2O3S. The molecule has 0 bridgehead atoms. The predicted octanol–water partition coefficient (Wildman–Crippen LogP) is 1.91. The summed E-state index contributed by atoms with van der Waals surface area (Å²) in [5.41, 5.74) is 6.52. The van der Waals surface area contributed by atoms with E-state index in [4.69, 9.17) is 10.5 Å². The Morgan fingerprint density at radius 1 is 1.40 bits per heavy atom. The molecule has 0 spiro atoms. The fourth-order valence-corrected chi connectivity index (χ4v) is 3.25. The number of benzene rings is 1. The SMILES string of the molecule is CCOc1ccc(N)c(SC2CC(=O)N(CC)C2=O)c1. The van der Waals surface area contributed by atoms with Crippen LogP contribution in [-0.2, 0) is 9.59 Å². The standard InChI is InChI=1S/C14H18N2O3S/c1-3-16-13(17)8-12(14(16)18)20-11-7-9(19-4-2)5-6-10(11)15/h5-7,12H,3-4,8,15H2,1-2H3. The van der Waals surface area contributed by atoms with Crippen molar-refractivity contribution in [1.29, 1.82) is 0 Å². The van der Waals surface area contributed by atoms with E-state index in [2.05, 4.69) is 0 Å². The average Bonchev–Trinajstić information content (AvgIpc) is 2.68. The van der Waals surface area contributed by atoms with Gasteiger partial charge in [0.15, 0.2) is 0 Å². The number of nitrogens with two attached hydrogens (primary N) is 1. The zero-order valence-electron chi connectivity index (χ0n) is 11.6. The first-order chi connectivity index (χ1) is 9.56. The highest BCUT2D eigenvalue weighted by Crippen LogP contribution is 2.36. The van der Waals surface area contributed by atoms with Gasteiger partial charge in [-0.25, -0.2) is 0 Å². The van der Waals surface area contributed by atoms with Crippen LogP contribution in [0, 0.1) is 0 Å². The number of thioether (sulfide) groups is 1. The van der Waals surface area contributed by atoms with Crippen LogP contribution in [0.15, 0.2) is 23.1 Å². The van der Waals surface area contributed by atoms with Gasteiger partial charge in [0, 0.05) is 23.5 Å². The third-order valence-electron chi connectivity index (χ3n) is 3.08. The van der Waals surface area contributed by atoms with Gasteiger partial charge in [0.25, 0.3) is 0 Å². The second kappa shape index (κ2) is 6.17. The molecule has 0 radical (unpaired) electrons. The van der Waals surface area contributed by atoms with Crippen molar-refractivity contribution in [2.45, 2.75) is 30.4 Å². The van der Waals surface area contributed by atoms with Gasteiger partial charge in [0.1, 0.15) is 5.75 Å². The summed E-state index contributed by atoms with van der Waals surface area (Å²) in [5.74, 6) is 0.464. The summed E-state index contributed by atoms with van der Waals surface area (Å²) in [6.07, 6.45) is 0.232. The highest BCUT2D eigenvalue weighted by molar-refractivity contribution is 8.00. The minimum Gasteiger partial charge on any atom is -0.494 e. The van der Waals surface area contributed by atoms with Crippen LogP contribution in [0.25, 0.3) is 0 Å². The molecular weight excluding hydrogens is 276 g/mol. The summed E-state index contributed by atoms with van der Waals surface area (Å²) in [6, 6.07) is 5.37. The molecule has 1 fully saturated rings. The lowest BCUT2D eigenvalue weighted by atomic mass is 10.3. The summed E-state index contributed by atoms with van der Waals surface area (Å²) in [4.78, 5) is 25.9. The van der Waals surface area contributed by atoms with Crippen molar-refractivity contribution >= 4 is 29.3 Å². The van der Waals surface area contributed by atoms with Crippen LogP contribution < -0.4 is 10.5 Å². The second-order valence-corrected chi connectivity index (χ2v) is 5.66. The van der Waals surface area contributed by atoms with Crippen LogP contribution in [0.2, 0.25) is 0 Å². The largest absolute Gasteiger partial charge is 0.494 e. The Labute approximate surface area is 122 Å². The molecule has 2 rings (SSSR count). The summed E-state index contributed by atoms with van der Waals surface area (Å²) in [7, 11) is 0. The van der Waals surface area contributed by atoms with Gasteiger partial charge in [-0.15, -0.1) is 11.8 Å². The lowest BCUT2D eigenvalue weighted by Gasteiger charge is -2.13. The molecule has 0 aliphatic carbocycles. The molecule has 1 heterocycles. The number of ether oxygens (including phenoxy) is 1. The van der Waals surface area contributed by atoms with Crippen molar-refractivity contribution in [1.82, 2.24) is 4.90 Å². The Balaban J connectivity index is 2.16. The molecule has 0 aromatic heterocycles. The maximum absolute atomic E-state index is 12.1. The molecule has 6 heteroatoms. The lowest BCUT2D eigenvalue weighted by Crippen LogP contribution is -2.30. The molecule has 1 unspecified atom stereocenters. The van der Waals surface area contributed by atoms with Crippen LogP contribution >= 0.6 is 11.8 Å². The van der Waals surface area contributed by atoms with Gasteiger partial charge in [-0.05, 0) is 32.0 Å². The van der Waals surface area contributed by atoms with Crippen LogP contribution in [0.3, 0.4) is 0 Å². The van der Waals surface area contributed by atoms with E-state index in [1.54, 1.807) is 19.1 Å². The molecule has 108 valence electrons. The van der Waals surface area contributed by atoms with Gasteiger partial charge in [-0.1, -0.05) is 0 Å². The number of rotatable bonds is 5. The van der Waals surface area contributed by atoms with E-state index in [1.165, 1.54) is 16.7 Å². The van der Waals surface area contributed by atoms with Crippen molar-refractivity contribution in [3.63, 3.8) is 0 Å². The van der Waals surface area contributed by atoms with Crippen molar-refractivity contribution in [3.05, 3.63) is 18.2 Å². The smallest absolute Gasteiger partial charge is 0.243 e. The third kappa shape index (κ3) is 2.90. The zero-order chi connectivity index (χ0) is 14.7. The number of amides is 2. The van der Waals surface area contributed by atoms with Gasteiger partial charge in [0.05, 0.1) is 11.9 Å². The Morgan fingerprint density at radius 2 is 2.15 bits per heavy atom. The Kier molecular flexibility index (Phi) is 4.54. The number of hydrogen-bond donors (Lipinski definition) is 1. The normalized spacial score (nSPS) is 18.7. The number of nitrogens with zero attached hydrogens (tertiary/aromatic N) is 1. The molecule has 1 saturated heterocycles. The third-order valence-corrected chi connectivity index (χ3v) is 4.34. The zero-order valence-corrected chi connectivity index (χ0v) is 12.4. The van der Waals surface area contributed by atoms with Gasteiger partial charge in [-0.2, -0.15) is 0 Å². The van der Waals surface area contributed by atoms with Crippen molar-refractivity contribution in [2.24, 2.45) is 0 Å². The quantitative estimate of drug-likeness (QED) is 0.663. The summed E-state index contributed by atoms with van der Waals surface area (Å²) < 4.78 is 5.43. The maximum atomic E-state index is 12.1. The number of carbonyl (C=O) groups excluding carboxylic acids is 2. The number of anilines is 1. The number of hydrogen-bond acceptors (Lipinski definition) is 5. The van der Waals surface area contributed by atoms with Crippen LogP contribution in [-0.4, -0.2) is 35.1 Å². The molecule has 1 aromatic carbocycles. The van der Waals surface area contributed by atoms with E-state index in [0.29, 0.717) is 24.6 Å². The van der Waals surface area contributed by atoms with Gasteiger partial charge >= 0.3 is 0 Å². The molecule has 0 saturated carbocycles. The van der Waals surface area contributed by atoms with Crippen molar-refractivity contribution < 1.29 is 14.3 Å². The van der Waals surface area contributed by atoms with E-state index < -0.39 is 0 Å². The van der Waals surface area contributed by atoms with Crippen LogP contribution in [0.5, 0.6) is 5.75 Å². The fraction of sp³-hybridized carbons (Fsp3) is 0.429. The first kappa shape index (κ1) is 14.7. The molecule has 1 aliphatic rings. The lowest BCUT2D eigenvalue weighted by molar-refractivity contribution is -0.137. The van der Waals surface area contributed by atoms with E-state index in [9.17, 15) is 9.59 Å². The maximum Gasteiger partial charge on any atom is 0.243 e. The fourth-order valence-electron chi connectivity index (χ4n) is 2.10. The first-order valence-corrected chi connectivity index (χ1v) is 7.48. The van der Waals surface area contributed by atoms with Gasteiger partial charge in [-0.3, -0.25) is 14.5 Å². The molecule has 1 atom stereocenters. The number of nitrogen functional groups attached to an aromatic ring is 1. The minimum atomic E-state index is -0.387. The molecule has 2 N–H and O–H groups in total. The van der Waals surface area contributed by atoms with E-state index >= 15 is 0 Å². The molecule has 5 nitrogen and oxygen atoms in total. The Hall–Kier alpha value is -1.69. The van der Waals surface area contributed by atoms with E-state index in [1.807, 2.05) is 13.0 Å². The molecule has 20 heavy (non-hydrogen) atoms. The summed E-state index contributed by atoms with van der Waals surface area (Å²) in [5, 5.41) is -0.387. The highest BCUT2D eigenvalue weighted by atomic mass is 32.2. The number of likely N-dealkylation sites (tertiary alicyclic amines) is 1. The van der Waals surface area contributed by atoms with Crippen LogP contribution in [0.4, 0.5) is 5.69 Å². The first-order valence-electron chi connectivity index (χ1n) is 6.60. The molecule has 1 aromatic rings. The van der Waals surface area contributed by atoms with Crippen molar-refractivity contribution in [3.8, 4) is 5.75 Å². The number of imide groups is 1. The number of carbonyl (C=O) groups is 2. The molecule has 1 aliphatic heterocycles. The van der Waals surface area contributed by atoms with Crippen molar-refractivity contribution in [2.75, 3.05) is 18.9 Å². The van der Waals surface area contributed by atoms with Crippen LogP contribution in [0.1, 0.15) is 20.3 Å². The van der Waals surface area contributed by atoms with Gasteiger partial charge in [0.2, 0.25) is 11.8 Å². The van der Waals surface area contributed by atoms with E-state index in [0.717, 1.165) is 4.90 Å². The Morgan fingerprint density at radius 3 is 2.75 bits per heavy atom. The monoisotopic (exact) mass is 294 g/mol. The minimum absolute atomic E-state index is 0.116. The predicted molar refractivity (Wildman–Crippen MR) is 78.7 cm³/mol. The second-order valence-electron chi connectivity index (χ2n) is 4.42. The Bertz CT molecular complexity index is 533. The summed E-state index contributed by atoms with van der Waals surface area (Å²) >= 11 is 1.33. The van der Waals surface area contributed by atoms with E-state index in [-0.39, 0.29) is 23.5 Å². The van der Waals surface area contributed by atoms with Gasteiger partial charge < -0.3 is 10.5 Å². The topological polar surface area (TPSA) is 72.6 Å². The average molecular weight is 294 g/mol. The molecule has 2 amide bonds. The summed E-state index contributed by atoms with van der Waals surface area (Å²) in [6.45, 7) is 4.69. The highest BCUT2D eigenvalue weighted by Gasteiger charge is 2.38.